The van der Waals surface area contributed by atoms with Crippen LogP contribution in [0.2, 0.25) is 0 Å². The summed E-state index contributed by atoms with van der Waals surface area (Å²) in [7, 11) is 0. The molecule has 1 aromatic carbocycles. The van der Waals surface area contributed by atoms with Crippen LogP contribution in [-0.4, -0.2) is 41.8 Å². The third-order valence-corrected chi connectivity index (χ3v) is 5.39. The van der Waals surface area contributed by atoms with E-state index in [2.05, 4.69) is 10.1 Å². The van der Waals surface area contributed by atoms with E-state index in [9.17, 15) is 23.5 Å². The zero-order valence-electron chi connectivity index (χ0n) is 16.1. The summed E-state index contributed by atoms with van der Waals surface area (Å²) in [6.07, 6.45) is -0.136. The Kier molecular flexibility index (Phi) is 5.79. The van der Waals surface area contributed by atoms with Crippen LogP contribution in [-0.2, 0) is 9.53 Å². The van der Waals surface area contributed by atoms with Crippen LogP contribution in [0.4, 0.5) is 8.78 Å². The number of carboxylic acid groups (broad SMARTS) is 1. The van der Waals surface area contributed by atoms with E-state index in [1.54, 1.807) is 27.7 Å². The van der Waals surface area contributed by atoms with E-state index in [1.807, 2.05) is 6.92 Å². The molecule has 0 heterocycles. The number of carbonyl (C=O) groups excluding carboxylic acids is 1. The Bertz CT molecular complexity index is 727. The number of halogens is 2. The monoisotopic (exact) mass is 385 g/mol. The molecule has 0 spiro atoms. The molecule has 27 heavy (non-hydrogen) atoms. The van der Waals surface area contributed by atoms with Gasteiger partial charge in [0.15, 0.2) is 0 Å². The molecular weight excluding hydrogens is 360 g/mol. The highest BCUT2D eigenvalue weighted by Gasteiger charge is 2.66. The molecule has 0 aromatic heterocycles. The van der Waals surface area contributed by atoms with E-state index in [4.69, 9.17) is 4.74 Å². The summed E-state index contributed by atoms with van der Waals surface area (Å²) >= 11 is 0. The summed E-state index contributed by atoms with van der Waals surface area (Å²) in [4.78, 5) is 24.7. The van der Waals surface area contributed by atoms with Crippen molar-refractivity contribution in [1.29, 1.82) is 0 Å². The molecule has 2 unspecified atom stereocenters. The third-order valence-electron chi connectivity index (χ3n) is 5.39. The Hall–Kier alpha value is -2.22. The Morgan fingerprint density at radius 2 is 1.85 bits per heavy atom. The second kappa shape index (κ2) is 7.42. The van der Waals surface area contributed by atoms with Crippen molar-refractivity contribution in [1.82, 2.24) is 5.32 Å². The van der Waals surface area contributed by atoms with Gasteiger partial charge in [0.1, 0.15) is 11.3 Å². The van der Waals surface area contributed by atoms with Crippen LogP contribution in [0.5, 0.6) is 5.75 Å². The predicted octanol–water partition coefficient (Wildman–Crippen LogP) is 3.29. The van der Waals surface area contributed by atoms with Gasteiger partial charge in [-0.05, 0) is 44.0 Å². The lowest BCUT2D eigenvalue weighted by Crippen LogP contribution is -2.76. The summed E-state index contributed by atoms with van der Waals surface area (Å²) in [6.45, 7) is 5.87. The molecule has 150 valence electrons. The maximum atomic E-state index is 12.7. The molecule has 1 saturated carbocycles. The minimum absolute atomic E-state index is 0.00915. The van der Waals surface area contributed by atoms with Crippen LogP contribution in [0, 0.1) is 19.3 Å². The highest BCUT2D eigenvalue weighted by molar-refractivity contribution is 5.99. The Morgan fingerprint density at radius 3 is 2.26 bits per heavy atom. The fraction of sp³-hybridized carbons (Fsp3) is 0.579. The van der Waals surface area contributed by atoms with Gasteiger partial charge in [0, 0.05) is 24.0 Å². The van der Waals surface area contributed by atoms with E-state index in [-0.39, 0.29) is 23.8 Å². The van der Waals surface area contributed by atoms with E-state index in [0.29, 0.717) is 17.7 Å². The van der Waals surface area contributed by atoms with Gasteiger partial charge < -0.3 is 19.9 Å². The number of carboxylic acids is 1. The SMILES string of the molecule is CCOC1CC(NC(=O)c2cc(C)c(OC(F)F)c(C)c2)(C(=O)O)C1(C)C. The average Bonchev–Trinajstić information content (AvgIpc) is 2.56. The molecule has 1 aromatic rings. The first-order valence-corrected chi connectivity index (χ1v) is 8.69. The molecule has 0 bridgehead atoms. The van der Waals surface area contributed by atoms with Crippen molar-refractivity contribution in [3.05, 3.63) is 28.8 Å². The van der Waals surface area contributed by atoms with Crippen LogP contribution in [0.15, 0.2) is 12.1 Å². The molecular formula is C19H25F2NO5. The number of carbonyl (C=O) groups is 2. The van der Waals surface area contributed by atoms with Crippen LogP contribution in [0.25, 0.3) is 0 Å². The number of alkyl halides is 2. The van der Waals surface area contributed by atoms with Crippen molar-refractivity contribution in [2.75, 3.05) is 6.61 Å². The number of aryl methyl sites for hydroxylation is 2. The summed E-state index contributed by atoms with van der Waals surface area (Å²) < 4.78 is 35.1. The molecule has 2 rings (SSSR count). The minimum Gasteiger partial charge on any atom is -0.479 e. The number of hydrogen-bond acceptors (Lipinski definition) is 4. The first-order chi connectivity index (χ1) is 12.5. The minimum atomic E-state index is -2.97. The van der Waals surface area contributed by atoms with Crippen molar-refractivity contribution in [2.24, 2.45) is 5.41 Å². The molecule has 0 aliphatic heterocycles. The van der Waals surface area contributed by atoms with Gasteiger partial charge in [-0.15, -0.1) is 0 Å². The fourth-order valence-corrected chi connectivity index (χ4v) is 3.66. The molecule has 1 fully saturated rings. The maximum Gasteiger partial charge on any atom is 0.387 e. The Labute approximate surface area is 156 Å². The van der Waals surface area contributed by atoms with Gasteiger partial charge >= 0.3 is 12.6 Å². The number of amides is 1. The highest BCUT2D eigenvalue weighted by atomic mass is 19.3. The van der Waals surface area contributed by atoms with Gasteiger partial charge in [-0.2, -0.15) is 8.78 Å². The predicted molar refractivity (Wildman–Crippen MR) is 94.2 cm³/mol. The zero-order valence-corrected chi connectivity index (χ0v) is 16.1. The van der Waals surface area contributed by atoms with Crippen LogP contribution < -0.4 is 10.1 Å². The number of hydrogen-bond donors (Lipinski definition) is 2. The summed E-state index contributed by atoms with van der Waals surface area (Å²) in [5, 5.41) is 12.4. The third kappa shape index (κ3) is 3.63. The van der Waals surface area contributed by atoms with Crippen molar-refractivity contribution in [3.63, 3.8) is 0 Å². The zero-order chi connectivity index (χ0) is 20.6. The normalized spacial score (nSPS) is 23.6. The van der Waals surface area contributed by atoms with Crippen molar-refractivity contribution in [2.45, 2.75) is 59.3 Å². The lowest BCUT2D eigenvalue weighted by Gasteiger charge is -2.58. The van der Waals surface area contributed by atoms with E-state index in [0.717, 1.165) is 0 Å². The van der Waals surface area contributed by atoms with E-state index in [1.165, 1.54) is 12.1 Å². The highest BCUT2D eigenvalue weighted by Crippen LogP contribution is 2.51. The van der Waals surface area contributed by atoms with Gasteiger partial charge in [-0.3, -0.25) is 4.79 Å². The van der Waals surface area contributed by atoms with Gasteiger partial charge in [-0.25, -0.2) is 4.79 Å². The van der Waals surface area contributed by atoms with Crippen LogP contribution >= 0.6 is 0 Å². The largest absolute Gasteiger partial charge is 0.479 e. The summed E-state index contributed by atoms with van der Waals surface area (Å²) in [5.74, 6) is -1.71. The smallest absolute Gasteiger partial charge is 0.387 e. The number of nitrogens with one attached hydrogen (secondary N) is 1. The van der Waals surface area contributed by atoms with Gasteiger partial charge in [0.05, 0.1) is 6.10 Å². The molecule has 2 atom stereocenters. The lowest BCUT2D eigenvalue weighted by molar-refractivity contribution is -0.190. The molecule has 8 heteroatoms. The van der Waals surface area contributed by atoms with Gasteiger partial charge in [-0.1, -0.05) is 13.8 Å². The summed E-state index contributed by atoms with van der Waals surface area (Å²) in [5.41, 5.74) is -1.37. The fourth-order valence-electron chi connectivity index (χ4n) is 3.66. The van der Waals surface area contributed by atoms with Crippen LogP contribution in [0.1, 0.15) is 48.7 Å². The average molecular weight is 385 g/mol. The molecule has 1 amide bonds. The number of benzene rings is 1. The first-order valence-electron chi connectivity index (χ1n) is 8.69. The quantitative estimate of drug-likeness (QED) is 0.752. The van der Waals surface area contributed by atoms with Crippen molar-refractivity contribution >= 4 is 11.9 Å². The molecule has 1 aliphatic rings. The lowest BCUT2D eigenvalue weighted by atomic mass is 9.54. The molecule has 1 aliphatic carbocycles. The number of ether oxygens (including phenoxy) is 2. The van der Waals surface area contributed by atoms with Crippen molar-refractivity contribution < 1.29 is 33.0 Å². The topological polar surface area (TPSA) is 84.9 Å². The molecule has 0 radical (unpaired) electrons. The van der Waals surface area contributed by atoms with Crippen molar-refractivity contribution in [3.8, 4) is 5.75 Å². The molecule has 6 nitrogen and oxygen atoms in total. The molecule has 0 saturated heterocycles. The van der Waals surface area contributed by atoms with Gasteiger partial charge in [0.2, 0.25) is 0 Å². The van der Waals surface area contributed by atoms with Gasteiger partial charge in [0.25, 0.3) is 5.91 Å². The Balaban J connectivity index is 2.29. The Morgan fingerprint density at radius 1 is 1.30 bits per heavy atom. The first kappa shape index (κ1) is 21.1. The van der Waals surface area contributed by atoms with E-state index >= 15 is 0 Å². The van der Waals surface area contributed by atoms with E-state index < -0.39 is 29.4 Å². The number of rotatable bonds is 7. The van der Waals surface area contributed by atoms with Crippen LogP contribution in [0.3, 0.4) is 0 Å². The maximum absolute atomic E-state index is 12.7. The summed E-state index contributed by atoms with van der Waals surface area (Å²) in [6, 6.07) is 2.81. The standard InChI is InChI=1S/C19H25F2NO5/c1-6-26-13-9-19(16(24)25,18(13,4)5)22-15(23)12-7-10(2)14(11(3)8-12)27-17(20)21/h7-8,13,17H,6,9H2,1-5H3,(H,22,23)(H,24,25). The second-order valence-electron chi connectivity index (χ2n) is 7.35. The number of aliphatic carboxylic acids is 1. The molecule has 2 N–H and O–H groups in total. The second-order valence-corrected chi connectivity index (χ2v) is 7.35.